The summed E-state index contributed by atoms with van der Waals surface area (Å²) < 4.78 is 38.3. The minimum Gasteiger partial charge on any atom is -0.314 e. The van der Waals surface area contributed by atoms with Gasteiger partial charge < -0.3 is 5.32 Å². The summed E-state index contributed by atoms with van der Waals surface area (Å²) in [5, 5.41) is 4.41. The monoisotopic (exact) mass is 357 g/mol. The number of hydrogen-bond donors (Lipinski definition) is 1. The van der Waals surface area contributed by atoms with Crippen molar-refractivity contribution in [3.63, 3.8) is 0 Å². The molecule has 0 bridgehead atoms. The number of nitrogens with zero attached hydrogens (tertiary/aromatic N) is 2. The van der Waals surface area contributed by atoms with Crippen molar-refractivity contribution in [2.75, 3.05) is 26.2 Å². The molecular formula is C17H19ClF3N3. The third kappa shape index (κ3) is 4.18. The first kappa shape index (κ1) is 17.5. The van der Waals surface area contributed by atoms with Crippen molar-refractivity contribution in [2.45, 2.75) is 25.1 Å². The van der Waals surface area contributed by atoms with Crippen LogP contribution in [0, 0.1) is 0 Å². The Balaban J connectivity index is 1.95. The molecule has 0 radical (unpaired) electrons. The van der Waals surface area contributed by atoms with Crippen LogP contribution in [0.2, 0.25) is 5.15 Å². The molecule has 3 nitrogen and oxygen atoms in total. The van der Waals surface area contributed by atoms with Crippen LogP contribution in [-0.4, -0.2) is 42.2 Å². The highest BCUT2D eigenvalue weighted by Gasteiger charge is 2.32. The molecule has 1 fully saturated rings. The molecular weight excluding hydrogens is 339 g/mol. The van der Waals surface area contributed by atoms with Gasteiger partial charge in [0.25, 0.3) is 0 Å². The summed E-state index contributed by atoms with van der Waals surface area (Å²) in [7, 11) is 0. The summed E-state index contributed by atoms with van der Waals surface area (Å²) in [6, 6.07) is 9.01. The lowest BCUT2D eigenvalue weighted by Gasteiger charge is -2.35. The van der Waals surface area contributed by atoms with E-state index in [1.165, 1.54) is 0 Å². The van der Waals surface area contributed by atoms with Gasteiger partial charge in [-0.15, -0.1) is 0 Å². The molecule has 3 rings (SSSR count). The van der Waals surface area contributed by atoms with Gasteiger partial charge in [0.05, 0.1) is 5.52 Å². The van der Waals surface area contributed by atoms with E-state index in [4.69, 9.17) is 11.6 Å². The zero-order chi connectivity index (χ0) is 17.2. The highest BCUT2D eigenvalue weighted by atomic mass is 35.5. The average Bonchev–Trinajstić information content (AvgIpc) is 2.55. The van der Waals surface area contributed by atoms with E-state index in [-0.39, 0.29) is 12.5 Å². The lowest BCUT2D eigenvalue weighted by atomic mass is 9.99. The molecule has 1 atom stereocenters. The number of hydrogen-bond acceptors (Lipinski definition) is 3. The molecule has 1 aromatic heterocycles. The number of aromatic nitrogens is 1. The number of pyridine rings is 1. The van der Waals surface area contributed by atoms with Gasteiger partial charge in [0.2, 0.25) is 0 Å². The summed E-state index contributed by atoms with van der Waals surface area (Å²) in [5.74, 6) is 0. The minimum atomic E-state index is -4.18. The normalized spacial score (nSPS) is 18.0. The molecule has 130 valence electrons. The predicted octanol–water partition coefficient (Wildman–Crippen LogP) is 4.18. The minimum absolute atomic E-state index is 0.0107. The molecule has 0 unspecified atom stereocenters. The van der Waals surface area contributed by atoms with E-state index in [9.17, 15) is 13.2 Å². The lowest BCUT2D eigenvalue weighted by Crippen LogP contribution is -2.45. The number of alkyl halides is 3. The molecule has 1 aliphatic rings. The highest BCUT2D eigenvalue weighted by molar-refractivity contribution is 6.30. The van der Waals surface area contributed by atoms with Crippen LogP contribution in [0.25, 0.3) is 10.9 Å². The molecule has 1 aromatic carbocycles. The van der Waals surface area contributed by atoms with Crippen LogP contribution in [0.15, 0.2) is 30.3 Å². The number of rotatable bonds is 4. The maximum atomic E-state index is 12.8. The van der Waals surface area contributed by atoms with Crippen molar-refractivity contribution >= 4 is 22.5 Å². The van der Waals surface area contributed by atoms with Gasteiger partial charge in [0.1, 0.15) is 5.15 Å². The van der Waals surface area contributed by atoms with E-state index >= 15 is 0 Å². The zero-order valence-corrected chi connectivity index (χ0v) is 13.9. The fourth-order valence-corrected chi connectivity index (χ4v) is 3.44. The van der Waals surface area contributed by atoms with E-state index in [1.54, 1.807) is 0 Å². The van der Waals surface area contributed by atoms with Crippen molar-refractivity contribution in [3.8, 4) is 0 Å². The van der Waals surface area contributed by atoms with Crippen molar-refractivity contribution in [1.29, 1.82) is 0 Å². The highest BCUT2D eigenvalue weighted by Crippen LogP contribution is 2.35. The Bertz CT molecular complexity index is 699. The second kappa shape index (κ2) is 7.25. The zero-order valence-electron chi connectivity index (χ0n) is 13.1. The van der Waals surface area contributed by atoms with Gasteiger partial charge in [-0.3, -0.25) is 4.90 Å². The molecule has 2 aromatic rings. The summed E-state index contributed by atoms with van der Waals surface area (Å²) in [6.45, 7) is 2.93. The fourth-order valence-electron chi connectivity index (χ4n) is 3.17. The number of piperazine rings is 1. The van der Waals surface area contributed by atoms with E-state index < -0.39 is 12.6 Å². The standard InChI is InChI=1S/C17H19ClF3N3/c18-16-13(11-12-3-1-2-4-14(12)23-16)15(5-6-17(19,20)21)24-9-7-22-8-10-24/h1-4,11,15,22H,5-10H2/t15-/m0/s1. The van der Waals surface area contributed by atoms with Crippen LogP contribution in [0.3, 0.4) is 0 Å². The molecule has 1 saturated heterocycles. The van der Waals surface area contributed by atoms with Gasteiger partial charge >= 0.3 is 6.18 Å². The van der Waals surface area contributed by atoms with Crippen molar-refractivity contribution in [1.82, 2.24) is 15.2 Å². The smallest absolute Gasteiger partial charge is 0.314 e. The molecule has 1 aliphatic heterocycles. The maximum Gasteiger partial charge on any atom is 0.389 e. The van der Waals surface area contributed by atoms with Crippen molar-refractivity contribution in [2.24, 2.45) is 0 Å². The molecule has 2 heterocycles. The molecule has 1 N–H and O–H groups in total. The van der Waals surface area contributed by atoms with Crippen LogP contribution in [0.4, 0.5) is 13.2 Å². The Morgan fingerprint density at radius 2 is 1.92 bits per heavy atom. The summed E-state index contributed by atoms with van der Waals surface area (Å²) >= 11 is 6.33. The van der Waals surface area contributed by atoms with Gasteiger partial charge in [0, 0.05) is 49.6 Å². The second-order valence-corrected chi connectivity index (χ2v) is 6.37. The number of fused-ring (bicyclic) bond motifs is 1. The summed E-state index contributed by atoms with van der Waals surface area (Å²) in [5.41, 5.74) is 1.43. The Kier molecular flexibility index (Phi) is 5.27. The predicted molar refractivity (Wildman–Crippen MR) is 89.2 cm³/mol. The Morgan fingerprint density at radius 3 is 2.62 bits per heavy atom. The van der Waals surface area contributed by atoms with Crippen LogP contribution in [-0.2, 0) is 0 Å². The Labute approximate surface area is 143 Å². The lowest BCUT2D eigenvalue weighted by molar-refractivity contribution is -0.138. The first-order valence-corrected chi connectivity index (χ1v) is 8.38. The average molecular weight is 358 g/mol. The second-order valence-electron chi connectivity index (χ2n) is 6.02. The summed E-state index contributed by atoms with van der Waals surface area (Å²) in [6.07, 6.45) is -5.02. The van der Waals surface area contributed by atoms with Gasteiger partial charge in [-0.05, 0) is 18.6 Å². The van der Waals surface area contributed by atoms with Crippen LogP contribution in [0.1, 0.15) is 24.4 Å². The van der Waals surface area contributed by atoms with Crippen molar-refractivity contribution in [3.05, 3.63) is 41.0 Å². The topological polar surface area (TPSA) is 28.2 Å². The SMILES string of the molecule is FC(F)(F)CC[C@@H](c1cc2ccccc2nc1Cl)N1CCNCC1. The molecule has 0 spiro atoms. The number of benzene rings is 1. The Morgan fingerprint density at radius 1 is 1.21 bits per heavy atom. The van der Waals surface area contributed by atoms with Gasteiger partial charge in [-0.2, -0.15) is 13.2 Å². The molecule has 0 saturated carbocycles. The first-order valence-electron chi connectivity index (χ1n) is 8.01. The van der Waals surface area contributed by atoms with Gasteiger partial charge in [-0.25, -0.2) is 4.98 Å². The van der Waals surface area contributed by atoms with Crippen LogP contribution >= 0.6 is 11.6 Å². The quantitative estimate of drug-likeness (QED) is 0.832. The number of para-hydroxylation sites is 1. The Hall–Kier alpha value is -1.37. The van der Waals surface area contributed by atoms with Crippen molar-refractivity contribution < 1.29 is 13.2 Å². The largest absolute Gasteiger partial charge is 0.389 e. The first-order chi connectivity index (χ1) is 11.4. The third-order valence-corrected chi connectivity index (χ3v) is 4.66. The molecule has 0 aliphatic carbocycles. The van der Waals surface area contributed by atoms with Crippen LogP contribution < -0.4 is 5.32 Å². The number of halogens is 4. The molecule has 24 heavy (non-hydrogen) atoms. The van der Waals surface area contributed by atoms with E-state index in [1.807, 2.05) is 30.3 Å². The van der Waals surface area contributed by atoms with E-state index in [2.05, 4.69) is 15.2 Å². The molecule has 7 heteroatoms. The van der Waals surface area contributed by atoms with E-state index in [0.29, 0.717) is 23.8 Å². The molecule has 0 amide bonds. The maximum absolute atomic E-state index is 12.8. The van der Waals surface area contributed by atoms with Crippen LogP contribution in [0.5, 0.6) is 0 Å². The van der Waals surface area contributed by atoms with Gasteiger partial charge in [0.15, 0.2) is 0 Å². The van der Waals surface area contributed by atoms with E-state index in [0.717, 1.165) is 24.0 Å². The number of nitrogens with one attached hydrogen (secondary N) is 1. The fraction of sp³-hybridized carbons (Fsp3) is 0.471. The summed E-state index contributed by atoms with van der Waals surface area (Å²) in [4.78, 5) is 6.45. The van der Waals surface area contributed by atoms with Gasteiger partial charge in [-0.1, -0.05) is 29.8 Å². The third-order valence-electron chi connectivity index (χ3n) is 4.36.